The molecule has 89 heavy (non-hydrogen) atoms. The summed E-state index contributed by atoms with van der Waals surface area (Å²) in [6, 6.07) is 11.5. The number of halogens is 1. The Morgan fingerprint density at radius 1 is 0.652 bits per heavy atom. The highest BCUT2D eigenvalue weighted by Gasteiger charge is 2.48. The Balaban J connectivity index is 1.23. The maximum Gasteiger partial charge on any atom is 0.333 e. The van der Waals surface area contributed by atoms with Crippen LogP contribution in [0.25, 0.3) is 21.5 Å². The molecule has 2 aliphatic heterocycles. The summed E-state index contributed by atoms with van der Waals surface area (Å²) in [6.45, 7) is 7.16. The first-order chi connectivity index (χ1) is 41.6. The highest BCUT2D eigenvalue weighted by molar-refractivity contribution is 7.87. The smallest absolute Gasteiger partial charge is 0.333 e. The van der Waals surface area contributed by atoms with Crippen LogP contribution in [-0.4, -0.2) is 168 Å². The van der Waals surface area contributed by atoms with Gasteiger partial charge < -0.3 is 38.9 Å². The molecule has 0 radical (unpaired) electrons. The highest BCUT2D eigenvalue weighted by Crippen LogP contribution is 2.55. The SMILES string of the molecule is COCCOCCOCCOCCN1C(=CC=C2CCCC(C=CC3=[N+](CCCC(=O)On4c(O)ccc4O)c4ccc5c(S(=O)(=O)O)cc(S(=O)(=O)O)cc5c4C3(C)C)=C2Cl)C(C)(CCCS(=O)(=O)O)c2c1ccc1c(S(=O)(=O)O)cc(S(=O)(=O)O)cc21. The van der Waals surface area contributed by atoms with E-state index < -0.39 is 104 Å². The van der Waals surface area contributed by atoms with Crippen molar-refractivity contribution in [2.45, 2.75) is 96.1 Å². The Hall–Kier alpha value is -6.14. The van der Waals surface area contributed by atoms with E-state index in [0.29, 0.717) is 100 Å². The van der Waals surface area contributed by atoms with Crippen molar-refractivity contribution in [1.82, 2.24) is 4.73 Å². The fraction of sp³-hybridized carbons (Fsp3) is 0.404. The normalized spacial score (nSPS) is 18.4. The second kappa shape index (κ2) is 27.0. The van der Waals surface area contributed by atoms with Crippen LogP contribution in [0.15, 0.2) is 126 Å². The number of fused-ring (bicyclic) bond motifs is 6. The standard InChI is InChI=1S/C57H66ClN3O23S5/c1-56(2)48(59(22-6-10-52(64)84-61-50(62)19-20-51(61)63)44-15-13-40-42(53(44)56)32-38(86(68,69)70)34-46(40)88(74,75)76)17-11-36-8-5-9-37(55(36)58)12-18-49-57(3,21-7-31-85(65,66)67)54-43-33-39(87(71,72)73)35-47(89(77,78)79)41(43)14-16-45(54)60(49)23-24-81-27-28-83-30-29-82-26-25-80-4/h11-20,32-35H,5-10,21-31H2,1-4H3,(H6-,62,63,65,66,67,68,69,70,71,72,73,74,75,76,77,78,79)/p+1. The fourth-order valence-electron chi connectivity index (χ4n) is 11.6. The number of hydrogen-bond donors (Lipinski definition) is 7. The van der Waals surface area contributed by atoms with Gasteiger partial charge in [-0.15, -0.1) is 4.73 Å². The number of allylic oxidation sites excluding steroid dienone is 8. The maximum absolute atomic E-state index is 13.1. The van der Waals surface area contributed by atoms with Gasteiger partial charge in [-0.25, -0.2) is 4.79 Å². The van der Waals surface area contributed by atoms with Gasteiger partial charge in [0.2, 0.25) is 17.4 Å². The molecule has 0 saturated carbocycles. The Labute approximate surface area is 519 Å². The van der Waals surface area contributed by atoms with Gasteiger partial charge in [0.25, 0.3) is 50.6 Å². The topological polar surface area (TPSA) is 387 Å². The molecular weight excluding hydrogens is 1290 g/mol. The lowest BCUT2D eigenvalue weighted by molar-refractivity contribution is -0.438. The van der Waals surface area contributed by atoms with Crippen molar-refractivity contribution >= 4 is 107 Å². The number of nitrogens with zero attached hydrogens (tertiary/aromatic N) is 3. The summed E-state index contributed by atoms with van der Waals surface area (Å²) in [5.74, 6) is -2.64. The molecule has 0 amide bonds. The quantitative estimate of drug-likeness (QED) is 0.0148. The average Bonchev–Trinajstić information content (AvgIpc) is 1.62. The minimum atomic E-state index is -5.16. The number of aromatic hydroxyl groups is 2. The van der Waals surface area contributed by atoms with E-state index in [-0.39, 0.29) is 92.3 Å². The van der Waals surface area contributed by atoms with Crippen LogP contribution in [0, 0.1) is 0 Å². The van der Waals surface area contributed by atoms with Gasteiger partial charge >= 0.3 is 5.97 Å². The lowest BCUT2D eigenvalue weighted by atomic mass is 9.75. The fourth-order valence-corrected chi connectivity index (χ4v) is 15.1. The van der Waals surface area contributed by atoms with E-state index >= 15 is 0 Å². The Morgan fingerprint density at radius 3 is 1.75 bits per heavy atom. The number of carbonyl (C=O) groups excluding carboxylic acids is 1. The number of hydrogen-bond acceptors (Lipinski definition) is 19. The molecular formula is C57H67ClN3O23S5+. The molecule has 8 rings (SSSR count). The predicted molar refractivity (Wildman–Crippen MR) is 325 cm³/mol. The van der Waals surface area contributed by atoms with Gasteiger partial charge in [-0.05, 0) is 123 Å². The molecule has 0 bridgehead atoms. The van der Waals surface area contributed by atoms with E-state index in [1.807, 2.05) is 9.48 Å². The predicted octanol–water partition coefficient (Wildman–Crippen LogP) is 7.19. The number of ether oxygens (including phenoxy) is 4. The summed E-state index contributed by atoms with van der Waals surface area (Å²) in [4.78, 5) is 16.8. The van der Waals surface area contributed by atoms with Crippen molar-refractivity contribution < 1.29 is 108 Å². The van der Waals surface area contributed by atoms with Crippen LogP contribution in [0.5, 0.6) is 11.8 Å². The first-order valence-electron chi connectivity index (χ1n) is 27.6. The number of aromatic nitrogens is 1. The van der Waals surface area contributed by atoms with Crippen LogP contribution in [0.2, 0.25) is 0 Å². The lowest BCUT2D eigenvalue weighted by Crippen LogP contribution is -2.31. The zero-order valence-corrected chi connectivity index (χ0v) is 53.4. The first-order valence-corrected chi connectivity index (χ1v) is 35.3. The summed E-state index contributed by atoms with van der Waals surface area (Å²) in [7, 11) is -23.4. The van der Waals surface area contributed by atoms with E-state index in [0.717, 1.165) is 24.3 Å². The van der Waals surface area contributed by atoms with Gasteiger partial charge in [0.15, 0.2) is 5.71 Å². The molecule has 0 fully saturated rings. The van der Waals surface area contributed by atoms with E-state index in [1.54, 1.807) is 64.3 Å². The monoisotopic (exact) mass is 1360 g/mol. The third-order valence-corrected chi connectivity index (χ3v) is 20.3. The number of benzene rings is 4. The number of methoxy groups -OCH3 is 1. The third kappa shape index (κ3) is 15.4. The number of rotatable bonds is 28. The number of anilines is 1. The molecule has 1 unspecified atom stereocenters. The van der Waals surface area contributed by atoms with Crippen LogP contribution in [-0.2, 0) is 85.2 Å². The van der Waals surface area contributed by atoms with E-state index in [4.69, 9.17) is 35.4 Å². The largest absolute Gasteiger partial charge is 0.492 e. The van der Waals surface area contributed by atoms with Crippen molar-refractivity contribution in [3.05, 3.63) is 118 Å². The zero-order chi connectivity index (χ0) is 65.2. The van der Waals surface area contributed by atoms with Crippen molar-refractivity contribution in [1.29, 1.82) is 0 Å². The molecule has 3 aliphatic rings. The molecule has 1 aliphatic carbocycles. The van der Waals surface area contributed by atoms with Crippen molar-refractivity contribution in [3.63, 3.8) is 0 Å². The average molecular weight is 1360 g/mol. The molecule has 1 aromatic heterocycles. The van der Waals surface area contributed by atoms with Crippen LogP contribution in [0.4, 0.5) is 11.4 Å². The summed E-state index contributed by atoms with van der Waals surface area (Å²) in [5, 5.41) is 20.3. The van der Waals surface area contributed by atoms with Gasteiger partial charge in [0, 0.05) is 82.5 Å². The molecule has 4 aromatic carbocycles. The van der Waals surface area contributed by atoms with Crippen LogP contribution in [0.3, 0.4) is 0 Å². The van der Waals surface area contributed by atoms with E-state index in [1.165, 1.54) is 12.1 Å². The van der Waals surface area contributed by atoms with Gasteiger partial charge in [-0.3, -0.25) is 22.8 Å². The summed E-state index contributed by atoms with van der Waals surface area (Å²) in [6.07, 6.45) is 7.93. The van der Waals surface area contributed by atoms with Crippen LogP contribution in [0.1, 0.15) is 76.8 Å². The van der Waals surface area contributed by atoms with E-state index in [9.17, 15) is 79.9 Å². The van der Waals surface area contributed by atoms with Gasteiger partial charge in [0.1, 0.15) is 16.3 Å². The Morgan fingerprint density at radius 2 is 1.20 bits per heavy atom. The molecule has 7 N–H and O–H groups in total. The first kappa shape index (κ1) is 68.8. The van der Waals surface area contributed by atoms with E-state index in [2.05, 4.69) is 0 Å². The van der Waals surface area contributed by atoms with Crippen molar-refractivity contribution in [2.24, 2.45) is 0 Å². The summed E-state index contributed by atoms with van der Waals surface area (Å²) in [5.41, 5.74) is 1.15. The second-order valence-electron chi connectivity index (χ2n) is 21.9. The van der Waals surface area contributed by atoms with Crippen molar-refractivity contribution in [3.8, 4) is 11.8 Å². The molecule has 3 heterocycles. The third-order valence-electron chi connectivity index (χ3n) is 15.6. The Bertz CT molecular complexity index is 4360. The van der Waals surface area contributed by atoms with Crippen LogP contribution >= 0.6 is 11.6 Å². The summed E-state index contributed by atoms with van der Waals surface area (Å²) >= 11 is 7.37. The lowest BCUT2D eigenvalue weighted by Gasteiger charge is -2.31. The van der Waals surface area contributed by atoms with Gasteiger partial charge in [-0.1, -0.05) is 29.8 Å². The molecule has 0 saturated heterocycles. The molecule has 26 nitrogen and oxygen atoms in total. The summed E-state index contributed by atoms with van der Waals surface area (Å²) < 4.78 is 202. The van der Waals surface area contributed by atoms with Crippen LogP contribution < -0.4 is 9.74 Å². The highest BCUT2D eigenvalue weighted by atomic mass is 35.5. The molecule has 32 heteroatoms. The molecule has 0 spiro atoms. The van der Waals surface area contributed by atoms with Crippen molar-refractivity contribution in [2.75, 3.05) is 77.1 Å². The molecule has 484 valence electrons. The minimum absolute atomic E-state index is 0.0302. The molecule has 1 atom stereocenters. The van der Waals surface area contributed by atoms with Gasteiger partial charge in [0.05, 0.1) is 73.6 Å². The number of carbonyl (C=O) groups is 1. The second-order valence-corrected chi connectivity index (χ2v) is 29.5. The Kier molecular flexibility index (Phi) is 20.8. The zero-order valence-electron chi connectivity index (χ0n) is 48.5. The molecule has 5 aromatic rings. The maximum atomic E-state index is 13.1. The minimum Gasteiger partial charge on any atom is -0.492 e. The van der Waals surface area contributed by atoms with Gasteiger partial charge in [-0.2, -0.15) is 46.7 Å².